The first-order chi connectivity index (χ1) is 32.5. The molecule has 0 saturated heterocycles. The van der Waals surface area contributed by atoms with Crippen LogP contribution < -0.4 is 0 Å². The molecule has 10 rings (SSSR count). The molecule has 1 heteroatoms. The van der Waals surface area contributed by atoms with Gasteiger partial charge in [0.15, 0.2) is 0 Å². The summed E-state index contributed by atoms with van der Waals surface area (Å²) in [5.41, 5.74) is -3.53. The molecule has 47 heavy (non-hydrogen) atoms. The maximum atomic E-state index is 9.56. The normalized spacial score (nSPS) is 18.4. The van der Waals surface area contributed by atoms with E-state index in [0.717, 1.165) is 0 Å². The van der Waals surface area contributed by atoms with Crippen molar-refractivity contribution in [2.75, 3.05) is 0 Å². The highest BCUT2D eigenvalue weighted by Gasteiger charge is 2.18. The smallest absolute Gasteiger partial charge is 0.136 e. The van der Waals surface area contributed by atoms with E-state index in [2.05, 4.69) is 0 Å². The fraction of sp³-hybridized carbons (Fsp3) is 0. The molecule has 1 heterocycles. The van der Waals surface area contributed by atoms with Crippen molar-refractivity contribution in [3.05, 3.63) is 169 Å². The Balaban J connectivity index is 1.37. The van der Waals surface area contributed by atoms with Crippen LogP contribution in [0.15, 0.2) is 174 Å². The van der Waals surface area contributed by atoms with Crippen LogP contribution in [0, 0.1) is 0 Å². The van der Waals surface area contributed by atoms with Crippen molar-refractivity contribution in [3.63, 3.8) is 0 Å². The van der Waals surface area contributed by atoms with E-state index in [9.17, 15) is 13.7 Å². The van der Waals surface area contributed by atoms with E-state index in [-0.39, 0.29) is 54.9 Å². The Morgan fingerprint density at radius 2 is 0.957 bits per heavy atom. The van der Waals surface area contributed by atoms with Gasteiger partial charge >= 0.3 is 0 Å². The van der Waals surface area contributed by atoms with Crippen LogP contribution in [0.25, 0.3) is 98.4 Å². The van der Waals surface area contributed by atoms with Crippen LogP contribution in [-0.2, 0) is 0 Å². The fourth-order valence-corrected chi connectivity index (χ4v) is 6.05. The van der Waals surface area contributed by atoms with Gasteiger partial charge in [0.1, 0.15) is 11.2 Å². The molecule has 0 saturated carbocycles. The van der Waals surface area contributed by atoms with Crippen LogP contribution in [0.2, 0.25) is 0 Å². The molecule has 0 fully saturated rings. The van der Waals surface area contributed by atoms with Gasteiger partial charge < -0.3 is 4.42 Å². The van der Waals surface area contributed by atoms with Gasteiger partial charge in [-0.2, -0.15) is 0 Å². The van der Waals surface area contributed by atoms with E-state index in [4.69, 9.17) is 20.9 Å². The summed E-state index contributed by atoms with van der Waals surface area (Å²) in [6, 6.07) is -6.40. The van der Waals surface area contributed by atoms with Crippen molar-refractivity contribution in [1.82, 2.24) is 0 Å². The van der Waals surface area contributed by atoms with Gasteiger partial charge in [0, 0.05) is 10.8 Å². The van der Waals surface area contributed by atoms with E-state index >= 15 is 0 Å². The summed E-state index contributed by atoms with van der Waals surface area (Å²) >= 11 is 0. The van der Waals surface area contributed by atoms with Gasteiger partial charge in [-0.1, -0.05) is 145 Å². The largest absolute Gasteiger partial charge is 0.456 e. The molecular weight excluding hydrogens is 569 g/mol. The molecule has 10 aromatic rings. The minimum absolute atomic E-state index is 0.0207. The third-order valence-electron chi connectivity index (χ3n) is 8.10. The fourth-order valence-electron chi connectivity index (χ4n) is 6.05. The average Bonchev–Trinajstić information content (AvgIpc) is 3.75. The lowest BCUT2D eigenvalue weighted by Crippen LogP contribution is -1.91. The van der Waals surface area contributed by atoms with Crippen molar-refractivity contribution in [1.29, 1.82) is 0 Å². The second-order valence-electron chi connectivity index (χ2n) is 10.7. The summed E-state index contributed by atoms with van der Waals surface area (Å²) in [6.07, 6.45) is 0. The molecule has 0 spiro atoms. The first-order valence-electron chi connectivity index (χ1n) is 25.4. The van der Waals surface area contributed by atoms with Gasteiger partial charge in [0.05, 0.1) is 30.2 Å². The highest BCUT2D eigenvalue weighted by Crippen LogP contribution is 2.45. The highest BCUT2D eigenvalue weighted by atomic mass is 16.3. The lowest BCUT2D eigenvalue weighted by molar-refractivity contribution is 0.669. The molecular formula is C46H28O. The van der Waals surface area contributed by atoms with Crippen molar-refractivity contribution in [2.24, 2.45) is 0 Å². The SMILES string of the molecule is [2H]c1c([2H])c(-c2c3c([2H])c([2H])c([2H])c([2H])c3c(-c3cccc4cccc([2H])c34)c3c([2H])c([2H])c([2H])c([2H])c23)c([2H])c([2H])c1-c1c([2H])c([2H])c2c(oc3c([2H])c4c([2H])c([2H])c([2H])c([2H])c4c([2H])c32)c1[2H]. The molecule has 1 nitrogen and oxygen atoms in total. The minimum Gasteiger partial charge on any atom is -0.456 e. The summed E-state index contributed by atoms with van der Waals surface area (Å²) < 4.78 is 204. The number of benzene rings is 9. The van der Waals surface area contributed by atoms with Gasteiger partial charge in [-0.15, -0.1) is 0 Å². The van der Waals surface area contributed by atoms with Crippen molar-refractivity contribution >= 4 is 65.0 Å². The van der Waals surface area contributed by atoms with Crippen LogP contribution in [0.1, 0.15) is 30.2 Å². The molecule has 1 aromatic heterocycles. The van der Waals surface area contributed by atoms with E-state index in [1.54, 1.807) is 24.3 Å². The van der Waals surface area contributed by atoms with Gasteiger partial charge in [-0.25, -0.2) is 0 Å². The lowest BCUT2D eigenvalue weighted by atomic mass is 9.84. The summed E-state index contributed by atoms with van der Waals surface area (Å²) in [4.78, 5) is 0. The van der Waals surface area contributed by atoms with Gasteiger partial charge in [0.2, 0.25) is 0 Å². The van der Waals surface area contributed by atoms with Crippen molar-refractivity contribution < 1.29 is 34.6 Å². The molecule has 9 aromatic carbocycles. The molecule has 0 aliphatic rings. The topological polar surface area (TPSA) is 13.1 Å². The Hall–Kier alpha value is -6.18. The molecule has 0 N–H and O–H groups in total. The predicted molar refractivity (Wildman–Crippen MR) is 200 cm³/mol. The zero-order valence-electron chi connectivity index (χ0n) is 45.9. The Bertz CT molecular complexity index is 3990. The third kappa shape index (κ3) is 4.03. The van der Waals surface area contributed by atoms with Crippen LogP contribution in [0.3, 0.4) is 0 Å². The molecule has 0 amide bonds. The molecule has 0 radical (unpaired) electrons. The zero-order valence-corrected chi connectivity index (χ0v) is 23.9. The van der Waals surface area contributed by atoms with Gasteiger partial charge in [-0.3, -0.25) is 0 Å². The maximum Gasteiger partial charge on any atom is 0.136 e. The Morgan fingerprint density at radius 1 is 0.362 bits per heavy atom. The predicted octanol–water partition coefficient (Wildman–Crippen LogP) is 13.2. The molecule has 0 aliphatic carbocycles. The van der Waals surface area contributed by atoms with E-state index in [1.165, 1.54) is 12.1 Å². The number of hydrogen-bond donors (Lipinski definition) is 0. The van der Waals surface area contributed by atoms with Crippen LogP contribution in [-0.4, -0.2) is 0 Å². The monoisotopic (exact) mass is 618 g/mol. The van der Waals surface area contributed by atoms with Gasteiger partial charge in [-0.05, 0) is 101 Å². The molecule has 0 aliphatic heterocycles. The third-order valence-corrected chi connectivity index (χ3v) is 8.10. The number of hydrogen-bond acceptors (Lipinski definition) is 1. The van der Waals surface area contributed by atoms with Gasteiger partial charge in [0.25, 0.3) is 0 Å². The number of fused-ring (bicyclic) bond motifs is 7. The first-order valence-corrected chi connectivity index (χ1v) is 14.4. The van der Waals surface area contributed by atoms with Crippen molar-refractivity contribution in [2.45, 2.75) is 0 Å². The van der Waals surface area contributed by atoms with Crippen LogP contribution in [0.4, 0.5) is 0 Å². The van der Waals surface area contributed by atoms with Crippen LogP contribution in [0.5, 0.6) is 0 Å². The Morgan fingerprint density at radius 3 is 1.70 bits per heavy atom. The standard InChI is InChI=1S/C46H28O/c1-2-12-33-27-44-42(26-32(33)11-1)36-25-24-34(28-43(36)47-44)29-20-22-31(23-21-29)45-38-15-5-7-17-40(38)46(41-18-8-6-16-39(41)45)37-19-9-13-30-10-3-4-14-35(30)37/h1-28H/i1D,2D,5D,6D,7D,8D,11D,12D,14D,15D,16D,17D,18D,20D,21D,22D,23D,24D,25D,26D,27D,28D. The minimum atomic E-state index is -0.945. The lowest BCUT2D eigenvalue weighted by Gasteiger charge is -2.19. The van der Waals surface area contributed by atoms with Crippen LogP contribution >= 0.6 is 0 Å². The quantitative estimate of drug-likeness (QED) is 0.180. The second kappa shape index (κ2) is 10.2. The van der Waals surface area contributed by atoms with E-state index < -0.39 is 171 Å². The molecule has 0 unspecified atom stereocenters. The summed E-state index contributed by atoms with van der Waals surface area (Å²) in [5.74, 6) is 0. The Labute approximate surface area is 302 Å². The summed E-state index contributed by atoms with van der Waals surface area (Å²) in [7, 11) is 0. The number of furan rings is 1. The summed E-state index contributed by atoms with van der Waals surface area (Å²) in [5, 5.41) is -2.15. The number of rotatable bonds is 3. The highest BCUT2D eigenvalue weighted by molar-refractivity contribution is 6.23. The van der Waals surface area contributed by atoms with E-state index in [1.807, 2.05) is 0 Å². The molecule has 218 valence electrons. The molecule has 0 bridgehead atoms. The first kappa shape index (κ1) is 12.5. The van der Waals surface area contributed by atoms with E-state index in [0.29, 0.717) is 5.39 Å². The molecule has 0 atom stereocenters. The maximum absolute atomic E-state index is 9.56. The zero-order chi connectivity index (χ0) is 50.0. The summed E-state index contributed by atoms with van der Waals surface area (Å²) in [6.45, 7) is 0. The average molecular weight is 619 g/mol. The van der Waals surface area contributed by atoms with Crippen molar-refractivity contribution in [3.8, 4) is 33.4 Å². The Kier molecular flexibility index (Phi) is 2.71. The second-order valence-corrected chi connectivity index (χ2v) is 10.7.